The van der Waals surface area contributed by atoms with Crippen LogP contribution in [-0.4, -0.2) is 85.0 Å². The molecule has 2 aliphatic rings. The molecule has 5 rings (SSSR count). The van der Waals surface area contributed by atoms with Crippen LogP contribution in [0.4, 0.5) is 26.3 Å². The van der Waals surface area contributed by atoms with Gasteiger partial charge in [0.15, 0.2) is 0 Å². The number of alkyl halides is 6. The molecule has 1 aromatic carbocycles. The molecule has 9 nitrogen and oxygen atoms in total. The molecule has 0 bridgehead atoms. The summed E-state index contributed by atoms with van der Waals surface area (Å²) in [6.07, 6.45) is -3.89. The molecule has 2 aliphatic heterocycles. The summed E-state index contributed by atoms with van der Waals surface area (Å²) in [5.41, 5.74) is 2.60. The third-order valence-corrected chi connectivity index (χ3v) is 7.70. The molecule has 0 unspecified atom stereocenters. The summed E-state index contributed by atoms with van der Waals surface area (Å²) >= 11 is 1.76. The van der Waals surface area contributed by atoms with Crippen molar-refractivity contribution in [1.29, 1.82) is 0 Å². The molecular weight excluding hydrogens is 592 g/mol. The van der Waals surface area contributed by atoms with E-state index >= 15 is 0 Å². The van der Waals surface area contributed by atoms with E-state index < -0.39 is 24.3 Å². The highest BCUT2D eigenvalue weighted by molar-refractivity contribution is 7.09. The van der Waals surface area contributed by atoms with Gasteiger partial charge >= 0.3 is 24.3 Å². The van der Waals surface area contributed by atoms with Crippen LogP contribution < -0.4 is 0 Å². The Hall–Kier alpha value is -3.50. The summed E-state index contributed by atoms with van der Waals surface area (Å²) in [5.74, 6) is -4.24. The van der Waals surface area contributed by atoms with Crippen LogP contribution in [0.3, 0.4) is 0 Å². The van der Waals surface area contributed by atoms with Crippen molar-refractivity contribution in [3.05, 3.63) is 58.9 Å². The van der Waals surface area contributed by atoms with Gasteiger partial charge < -0.3 is 14.8 Å². The predicted molar refractivity (Wildman–Crippen MR) is 141 cm³/mol. The van der Waals surface area contributed by atoms with Gasteiger partial charge in [-0.15, -0.1) is 11.3 Å². The molecule has 0 amide bonds. The van der Waals surface area contributed by atoms with Gasteiger partial charge in [0.1, 0.15) is 10.8 Å². The van der Waals surface area contributed by atoms with Crippen molar-refractivity contribution in [3.63, 3.8) is 0 Å². The van der Waals surface area contributed by atoms with E-state index in [4.69, 9.17) is 24.8 Å². The number of likely N-dealkylation sites (N-methyl/N-ethyl adjacent to an activating group) is 1. The van der Waals surface area contributed by atoms with Crippen molar-refractivity contribution >= 4 is 23.3 Å². The molecule has 0 atom stereocenters. The summed E-state index contributed by atoms with van der Waals surface area (Å²) in [7, 11) is 0. The van der Waals surface area contributed by atoms with E-state index in [1.54, 1.807) is 11.3 Å². The number of halogens is 6. The van der Waals surface area contributed by atoms with Gasteiger partial charge in [-0.25, -0.2) is 19.6 Å². The molecule has 2 aromatic heterocycles. The minimum absolute atomic E-state index is 0.0689. The van der Waals surface area contributed by atoms with Gasteiger partial charge in [-0.3, -0.25) is 9.80 Å². The van der Waals surface area contributed by atoms with Crippen LogP contribution in [0.1, 0.15) is 30.6 Å². The first-order valence-electron chi connectivity index (χ1n) is 12.8. The third kappa shape index (κ3) is 8.07. The predicted octanol–water partition coefficient (Wildman–Crippen LogP) is 5.10. The van der Waals surface area contributed by atoms with Crippen LogP contribution >= 0.6 is 11.3 Å². The molecule has 42 heavy (non-hydrogen) atoms. The fraction of sp³-hybridized carbons (Fsp3) is 0.462. The number of hydrogen-bond acceptors (Lipinski definition) is 7. The zero-order chi connectivity index (χ0) is 31.1. The molecule has 1 saturated heterocycles. The lowest BCUT2D eigenvalue weighted by molar-refractivity contribution is -0.193. The number of carboxylic acids is 2. The molecule has 230 valence electrons. The number of aliphatic carboxylic acids is 2. The number of carboxylic acid groups (broad SMARTS) is 2. The number of benzene rings is 1. The molecule has 0 saturated carbocycles. The van der Waals surface area contributed by atoms with Crippen molar-refractivity contribution in [3.8, 4) is 11.3 Å². The highest BCUT2D eigenvalue weighted by atomic mass is 32.1. The number of carbonyl (C=O) groups is 2. The van der Waals surface area contributed by atoms with Crippen molar-refractivity contribution < 1.29 is 46.1 Å². The molecule has 2 N–H and O–H groups in total. The van der Waals surface area contributed by atoms with Gasteiger partial charge in [-0.1, -0.05) is 37.3 Å². The SMILES string of the molecule is CCN1CCn2c(-c3ccccc3)cnc2C12CCN(Cc1nccs1)CC2.O=C(O)C(F)(F)F.O=C(O)C(F)(F)F. The summed E-state index contributed by atoms with van der Waals surface area (Å²) in [4.78, 5) is 32.5. The number of imidazole rings is 1. The maximum Gasteiger partial charge on any atom is 0.490 e. The van der Waals surface area contributed by atoms with Crippen molar-refractivity contribution in [1.82, 2.24) is 24.3 Å². The van der Waals surface area contributed by atoms with Crippen molar-refractivity contribution in [2.24, 2.45) is 0 Å². The topological polar surface area (TPSA) is 112 Å². The Morgan fingerprint density at radius 2 is 1.50 bits per heavy atom. The maximum atomic E-state index is 10.6. The summed E-state index contributed by atoms with van der Waals surface area (Å²) in [6, 6.07) is 10.7. The van der Waals surface area contributed by atoms with Gasteiger partial charge in [-0.05, 0) is 24.9 Å². The number of aromatic nitrogens is 3. The lowest BCUT2D eigenvalue weighted by Crippen LogP contribution is -2.57. The molecule has 1 fully saturated rings. The Morgan fingerprint density at radius 3 is 1.98 bits per heavy atom. The number of thiazole rings is 1. The number of hydrogen-bond donors (Lipinski definition) is 2. The second-order valence-electron chi connectivity index (χ2n) is 9.40. The molecule has 3 aromatic rings. The van der Waals surface area contributed by atoms with E-state index in [2.05, 4.69) is 68.2 Å². The quantitative estimate of drug-likeness (QED) is 0.388. The highest BCUT2D eigenvalue weighted by Gasteiger charge is 2.46. The van der Waals surface area contributed by atoms with Gasteiger partial charge in [0.05, 0.1) is 24.0 Å². The van der Waals surface area contributed by atoms with Crippen LogP contribution in [0.15, 0.2) is 48.1 Å². The largest absolute Gasteiger partial charge is 0.490 e. The van der Waals surface area contributed by atoms with Gasteiger partial charge in [0, 0.05) is 37.8 Å². The third-order valence-electron chi connectivity index (χ3n) is 6.93. The average Bonchev–Trinajstić information content (AvgIpc) is 3.61. The number of fused-ring (bicyclic) bond motifs is 2. The van der Waals surface area contributed by atoms with Crippen molar-refractivity contribution in [2.45, 2.75) is 50.7 Å². The smallest absolute Gasteiger partial charge is 0.475 e. The van der Waals surface area contributed by atoms with Crippen LogP contribution in [0.2, 0.25) is 0 Å². The lowest BCUT2D eigenvalue weighted by Gasteiger charge is -2.50. The number of likely N-dealkylation sites (tertiary alicyclic amines) is 1. The molecule has 0 radical (unpaired) electrons. The Bertz CT molecular complexity index is 1280. The molecule has 16 heteroatoms. The summed E-state index contributed by atoms with van der Waals surface area (Å²) in [5, 5.41) is 17.5. The first-order chi connectivity index (χ1) is 19.7. The maximum absolute atomic E-state index is 10.6. The minimum Gasteiger partial charge on any atom is -0.475 e. The van der Waals surface area contributed by atoms with Gasteiger partial charge in [0.2, 0.25) is 0 Å². The van der Waals surface area contributed by atoms with E-state index in [0.717, 1.165) is 52.1 Å². The number of piperidine rings is 1. The number of nitrogens with zero attached hydrogens (tertiary/aromatic N) is 5. The van der Waals surface area contributed by atoms with Crippen molar-refractivity contribution in [2.75, 3.05) is 26.2 Å². The first-order valence-corrected chi connectivity index (χ1v) is 13.6. The van der Waals surface area contributed by atoms with Crippen LogP contribution in [0, 0.1) is 0 Å². The second-order valence-corrected chi connectivity index (χ2v) is 10.4. The van der Waals surface area contributed by atoms with E-state index in [1.165, 1.54) is 22.1 Å². The van der Waals surface area contributed by atoms with E-state index in [-0.39, 0.29) is 5.54 Å². The first kappa shape index (κ1) is 33.0. The zero-order valence-corrected chi connectivity index (χ0v) is 23.2. The van der Waals surface area contributed by atoms with E-state index in [1.807, 2.05) is 6.20 Å². The Labute approximate surface area is 241 Å². The zero-order valence-electron chi connectivity index (χ0n) is 22.4. The number of rotatable bonds is 4. The van der Waals surface area contributed by atoms with E-state index in [9.17, 15) is 26.3 Å². The standard InChI is InChI=1S/C22H27N5S.2C2HF3O2/c1-2-26-13-14-27-19(18-6-4-3-5-7-18)16-24-21(27)22(26)8-11-25(12-9-22)17-20-23-10-15-28-20;2*3-2(4,5)1(6)7/h3-7,10,15-16H,2,8-9,11-14,17H2,1H3;2*(H,6,7). The second kappa shape index (κ2) is 13.6. The Balaban J connectivity index is 0.000000289. The molecule has 1 spiro atoms. The molecule has 4 heterocycles. The fourth-order valence-corrected chi connectivity index (χ4v) is 5.65. The fourth-order valence-electron chi connectivity index (χ4n) is 4.99. The van der Waals surface area contributed by atoms with Gasteiger partial charge in [0.25, 0.3) is 0 Å². The normalized spacial score (nSPS) is 16.9. The van der Waals surface area contributed by atoms with Crippen LogP contribution in [0.25, 0.3) is 11.3 Å². The lowest BCUT2D eigenvalue weighted by atomic mass is 9.83. The van der Waals surface area contributed by atoms with Crippen LogP contribution in [0.5, 0.6) is 0 Å². The average molecular weight is 622 g/mol. The summed E-state index contributed by atoms with van der Waals surface area (Å²) in [6.45, 7) is 8.68. The van der Waals surface area contributed by atoms with Crippen LogP contribution in [-0.2, 0) is 28.2 Å². The minimum atomic E-state index is -5.08. The Morgan fingerprint density at radius 1 is 0.929 bits per heavy atom. The Kier molecular flexibility index (Phi) is 10.7. The molecular formula is C26H29F6N5O4S. The highest BCUT2D eigenvalue weighted by Crippen LogP contribution is 2.42. The monoisotopic (exact) mass is 621 g/mol. The molecule has 0 aliphatic carbocycles. The summed E-state index contributed by atoms with van der Waals surface area (Å²) < 4.78 is 66.0. The van der Waals surface area contributed by atoms with E-state index in [0.29, 0.717) is 0 Å². The van der Waals surface area contributed by atoms with Gasteiger partial charge in [-0.2, -0.15) is 26.3 Å².